The first-order valence-electron chi connectivity index (χ1n) is 6.10. The minimum Gasteiger partial charge on any atom is -0.368 e. The van der Waals surface area contributed by atoms with Crippen LogP contribution in [0.2, 0.25) is 0 Å². The topological polar surface area (TPSA) is 76.2 Å². The first-order chi connectivity index (χ1) is 8.38. The molecule has 0 atom stereocenters. The van der Waals surface area contributed by atoms with E-state index in [2.05, 4.69) is 10.4 Å². The summed E-state index contributed by atoms with van der Waals surface area (Å²) in [4.78, 5) is 13.2. The molecule has 0 aliphatic carbocycles. The second-order valence-electron chi connectivity index (χ2n) is 4.73. The maximum atomic E-state index is 11.2. The molecule has 6 nitrogen and oxygen atoms in total. The number of hydrogen-bond donors (Lipinski definition) is 2. The van der Waals surface area contributed by atoms with Crippen molar-refractivity contribution in [1.82, 2.24) is 15.1 Å². The third kappa shape index (κ3) is 3.01. The minimum absolute atomic E-state index is 0.183. The zero-order valence-electron chi connectivity index (χ0n) is 11.8. The largest absolute Gasteiger partial charge is 0.368 e. The van der Waals surface area contributed by atoms with E-state index in [0.717, 1.165) is 23.6 Å². The van der Waals surface area contributed by atoms with Gasteiger partial charge in [-0.25, -0.2) is 0 Å². The molecule has 0 bridgehead atoms. The first kappa shape index (κ1) is 14.5. The molecule has 0 radical (unpaired) electrons. The first-order valence-corrected chi connectivity index (χ1v) is 6.10. The van der Waals surface area contributed by atoms with Crippen LogP contribution >= 0.6 is 0 Å². The van der Waals surface area contributed by atoms with Crippen molar-refractivity contribution in [2.45, 2.75) is 33.4 Å². The summed E-state index contributed by atoms with van der Waals surface area (Å²) in [5.41, 5.74) is 7.40. The zero-order chi connectivity index (χ0) is 13.9. The molecule has 18 heavy (non-hydrogen) atoms. The van der Waals surface area contributed by atoms with Crippen LogP contribution in [0.5, 0.6) is 0 Å². The van der Waals surface area contributed by atoms with E-state index in [4.69, 9.17) is 5.73 Å². The highest BCUT2D eigenvalue weighted by Gasteiger charge is 2.22. The maximum Gasteiger partial charge on any atom is 0.237 e. The lowest BCUT2D eigenvalue weighted by Gasteiger charge is -2.28. The zero-order valence-corrected chi connectivity index (χ0v) is 11.8. The summed E-state index contributed by atoms with van der Waals surface area (Å²) < 4.78 is 1.81. The number of nitrogens with one attached hydrogen (secondary N) is 1. The molecule has 0 aromatic carbocycles. The van der Waals surface area contributed by atoms with Gasteiger partial charge in [0.25, 0.3) is 0 Å². The summed E-state index contributed by atoms with van der Waals surface area (Å²) >= 11 is 0. The third-order valence-corrected chi connectivity index (χ3v) is 2.89. The number of anilines is 1. The van der Waals surface area contributed by atoms with Crippen molar-refractivity contribution in [2.75, 3.05) is 18.5 Å². The number of rotatable bonds is 6. The highest BCUT2D eigenvalue weighted by atomic mass is 16.1. The van der Waals surface area contributed by atoms with Gasteiger partial charge in [-0.2, -0.15) is 5.10 Å². The Morgan fingerprint density at radius 2 is 2.17 bits per heavy atom. The van der Waals surface area contributed by atoms with Crippen LogP contribution in [0.3, 0.4) is 0 Å². The van der Waals surface area contributed by atoms with Gasteiger partial charge in [0.2, 0.25) is 5.91 Å². The van der Waals surface area contributed by atoms with E-state index in [-0.39, 0.29) is 18.5 Å². The fourth-order valence-electron chi connectivity index (χ4n) is 2.10. The van der Waals surface area contributed by atoms with Crippen LogP contribution in [0.4, 0.5) is 5.82 Å². The molecule has 0 fully saturated rings. The summed E-state index contributed by atoms with van der Waals surface area (Å²) in [6.45, 7) is 6.96. The van der Waals surface area contributed by atoms with Gasteiger partial charge in [-0.05, 0) is 27.8 Å². The number of aromatic nitrogens is 2. The van der Waals surface area contributed by atoms with Crippen LogP contribution in [0.25, 0.3) is 0 Å². The van der Waals surface area contributed by atoms with E-state index in [0.29, 0.717) is 0 Å². The van der Waals surface area contributed by atoms with E-state index in [1.807, 2.05) is 44.4 Å². The molecule has 1 heterocycles. The third-order valence-electron chi connectivity index (χ3n) is 2.89. The average molecular weight is 253 g/mol. The Hall–Kier alpha value is -1.56. The summed E-state index contributed by atoms with van der Waals surface area (Å²) in [5, 5.41) is 7.55. The van der Waals surface area contributed by atoms with Crippen molar-refractivity contribution in [3.8, 4) is 0 Å². The number of nitrogens with two attached hydrogens (primary N) is 1. The van der Waals surface area contributed by atoms with Gasteiger partial charge in [-0.15, -0.1) is 0 Å². The predicted octanol–water partition coefficient (Wildman–Crippen LogP) is 0.148. The van der Waals surface area contributed by atoms with Crippen LogP contribution in [-0.4, -0.2) is 35.3 Å². The lowest BCUT2D eigenvalue weighted by molar-refractivity contribution is -0.116. The van der Waals surface area contributed by atoms with Gasteiger partial charge in [0.05, 0.1) is 12.2 Å². The Bertz CT molecular complexity index is 424. The highest BCUT2D eigenvalue weighted by Crippen LogP contribution is 2.24. The minimum atomic E-state index is -0.335. The van der Waals surface area contributed by atoms with Crippen molar-refractivity contribution >= 4 is 11.7 Å². The Labute approximate surface area is 108 Å². The van der Waals surface area contributed by atoms with Crippen LogP contribution < -0.4 is 16.0 Å². The molecule has 0 saturated heterocycles. The quantitative estimate of drug-likeness (QED) is 0.756. The van der Waals surface area contributed by atoms with Crippen molar-refractivity contribution in [3.63, 3.8) is 0 Å². The monoisotopic (exact) mass is 253 g/mol. The van der Waals surface area contributed by atoms with E-state index in [1.54, 1.807) is 0 Å². The predicted molar refractivity (Wildman–Crippen MR) is 72.4 cm³/mol. The number of amides is 1. The number of nitrogens with zero attached hydrogens (tertiary/aromatic N) is 3. The normalized spacial score (nSPS) is 11.0. The number of carbonyl (C=O) groups is 1. The van der Waals surface area contributed by atoms with Gasteiger partial charge in [-0.1, -0.05) is 0 Å². The molecule has 1 aromatic rings. The lowest BCUT2D eigenvalue weighted by Crippen LogP contribution is -2.40. The van der Waals surface area contributed by atoms with Crippen LogP contribution in [-0.2, 0) is 18.4 Å². The molecule has 0 spiro atoms. The summed E-state index contributed by atoms with van der Waals surface area (Å²) in [6.07, 6.45) is 0. The molecule has 0 unspecified atom stereocenters. The maximum absolute atomic E-state index is 11.2. The number of aryl methyl sites for hydroxylation is 2. The second-order valence-corrected chi connectivity index (χ2v) is 4.73. The van der Waals surface area contributed by atoms with E-state index in [9.17, 15) is 4.79 Å². The van der Waals surface area contributed by atoms with Crippen molar-refractivity contribution in [1.29, 1.82) is 0 Å². The summed E-state index contributed by atoms with van der Waals surface area (Å²) in [6, 6.07) is 0.183. The number of carbonyl (C=O) groups excluding carboxylic acids is 1. The van der Waals surface area contributed by atoms with E-state index in [1.165, 1.54) is 0 Å². The van der Waals surface area contributed by atoms with Gasteiger partial charge in [0.1, 0.15) is 5.82 Å². The van der Waals surface area contributed by atoms with Crippen LogP contribution in [0, 0.1) is 6.92 Å². The molecule has 102 valence electrons. The Morgan fingerprint density at radius 1 is 1.56 bits per heavy atom. The summed E-state index contributed by atoms with van der Waals surface area (Å²) in [7, 11) is 3.78. The number of hydrogen-bond acceptors (Lipinski definition) is 4. The molecule has 1 amide bonds. The Balaban J connectivity index is 3.21. The van der Waals surface area contributed by atoms with Crippen LogP contribution in [0.1, 0.15) is 25.1 Å². The molecule has 0 saturated carbocycles. The molecule has 0 aliphatic heterocycles. The van der Waals surface area contributed by atoms with Gasteiger partial charge in [-0.3, -0.25) is 9.48 Å². The van der Waals surface area contributed by atoms with Crippen LogP contribution in [0.15, 0.2) is 0 Å². The summed E-state index contributed by atoms with van der Waals surface area (Å²) in [5.74, 6) is 0.619. The molecule has 3 N–H and O–H groups in total. The van der Waals surface area contributed by atoms with Crippen molar-refractivity contribution in [2.24, 2.45) is 12.8 Å². The second kappa shape index (κ2) is 5.86. The lowest BCUT2D eigenvalue weighted by atomic mass is 10.2. The van der Waals surface area contributed by atoms with E-state index < -0.39 is 0 Å². The van der Waals surface area contributed by atoms with Gasteiger partial charge in [0, 0.05) is 25.2 Å². The Kier molecular flexibility index (Phi) is 4.72. The number of primary amides is 1. The van der Waals surface area contributed by atoms with Gasteiger partial charge < -0.3 is 16.0 Å². The smallest absolute Gasteiger partial charge is 0.237 e. The molecule has 1 aromatic heterocycles. The highest BCUT2D eigenvalue weighted by molar-refractivity contribution is 5.79. The molecule has 0 aliphatic rings. The molecule has 1 rings (SSSR count). The van der Waals surface area contributed by atoms with Crippen molar-refractivity contribution in [3.05, 3.63) is 11.3 Å². The molecule has 6 heteroatoms. The van der Waals surface area contributed by atoms with Gasteiger partial charge in [0.15, 0.2) is 0 Å². The van der Waals surface area contributed by atoms with E-state index >= 15 is 0 Å². The SMILES string of the molecule is CNCc1c(C)nn(C)c1N(CC(N)=O)C(C)C. The fraction of sp³-hybridized carbons (Fsp3) is 0.667. The molecular weight excluding hydrogens is 230 g/mol. The van der Waals surface area contributed by atoms with Crippen molar-refractivity contribution < 1.29 is 4.79 Å². The fourth-order valence-corrected chi connectivity index (χ4v) is 2.10. The standard InChI is InChI=1S/C12H23N5O/c1-8(2)17(7-11(13)18)12-10(6-14-4)9(3)15-16(12)5/h8,14H,6-7H2,1-5H3,(H2,13,18). The average Bonchev–Trinajstić information content (AvgIpc) is 2.51. The molecular formula is C12H23N5O. The Morgan fingerprint density at radius 3 is 2.61 bits per heavy atom. The van der Waals surface area contributed by atoms with Gasteiger partial charge >= 0.3 is 0 Å².